The third-order valence-corrected chi connectivity index (χ3v) is 3.48. The number of nitrogens with one attached hydrogen (secondary N) is 2. The van der Waals surface area contributed by atoms with E-state index in [-0.39, 0.29) is 24.9 Å². The molecule has 128 valence electrons. The molecule has 0 unspecified atom stereocenters. The van der Waals surface area contributed by atoms with Gasteiger partial charge in [-0.3, -0.25) is 14.5 Å². The molecule has 0 fully saturated rings. The molecule has 0 saturated carbocycles. The number of alkyl halides is 2. The van der Waals surface area contributed by atoms with E-state index >= 15 is 0 Å². The van der Waals surface area contributed by atoms with Crippen LogP contribution < -0.4 is 10.6 Å². The fraction of sp³-hybridized carbons (Fsp3) is 0.467. The van der Waals surface area contributed by atoms with Crippen LogP contribution in [0.5, 0.6) is 0 Å². The summed E-state index contributed by atoms with van der Waals surface area (Å²) < 4.78 is 24.4. The van der Waals surface area contributed by atoms with Gasteiger partial charge >= 0.3 is 0 Å². The van der Waals surface area contributed by atoms with Crippen LogP contribution in [-0.4, -0.2) is 49.2 Å². The maximum Gasteiger partial charge on any atom is 0.288 e. The number of hydrogen-bond donors (Lipinski definition) is 2. The van der Waals surface area contributed by atoms with E-state index < -0.39 is 5.76 Å². The molecule has 0 heterocycles. The lowest BCUT2D eigenvalue weighted by molar-refractivity contribution is -0.122. The monoisotopic (exact) mass is 345 g/mol. The van der Waals surface area contributed by atoms with Crippen molar-refractivity contribution in [3.05, 3.63) is 24.3 Å². The van der Waals surface area contributed by atoms with E-state index in [9.17, 15) is 18.4 Å². The average molecular weight is 345 g/mol. The Morgan fingerprint density at radius 2 is 1.78 bits per heavy atom. The van der Waals surface area contributed by atoms with Crippen LogP contribution in [0.15, 0.2) is 29.2 Å². The van der Waals surface area contributed by atoms with Crippen molar-refractivity contribution in [3.63, 3.8) is 0 Å². The van der Waals surface area contributed by atoms with Crippen molar-refractivity contribution in [1.82, 2.24) is 10.2 Å². The lowest BCUT2D eigenvalue weighted by Crippen LogP contribution is -2.39. The molecule has 0 aromatic heterocycles. The zero-order valence-electron chi connectivity index (χ0n) is 13.1. The number of thioether (sulfide) groups is 1. The number of carbonyl (C=O) groups excluding carboxylic acids is 2. The molecule has 0 atom stereocenters. The van der Waals surface area contributed by atoms with Crippen molar-refractivity contribution in [2.24, 2.45) is 0 Å². The van der Waals surface area contributed by atoms with E-state index in [0.717, 1.165) is 6.42 Å². The van der Waals surface area contributed by atoms with Crippen molar-refractivity contribution in [2.75, 3.05) is 32.0 Å². The molecule has 2 N–H and O–H groups in total. The molecule has 0 radical (unpaired) electrons. The summed E-state index contributed by atoms with van der Waals surface area (Å²) in [7, 11) is 1.67. The highest BCUT2D eigenvalue weighted by molar-refractivity contribution is 7.99. The molecule has 5 nitrogen and oxygen atoms in total. The summed E-state index contributed by atoms with van der Waals surface area (Å²) in [5.41, 5.74) is 0.525. The van der Waals surface area contributed by atoms with Crippen LogP contribution in [0, 0.1) is 0 Å². The van der Waals surface area contributed by atoms with Crippen LogP contribution in [0.1, 0.15) is 13.3 Å². The quantitative estimate of drug-likeness (QED) is 0.675. The molecule has 1 aromatic carbocycles. The maximum absolute atomic E-state index is 12.2. The van der Waals surface area contributed by atoms with Gasteiger partial charge in [-0.15, -0.1) is 0 Å². The second-order valence-corrected chi connectivity index (χ2v) is 6.04. The van der Waals surface area contributed by atoms with Crippen LogP contribution in [-0.2, 0) is 9.59 Å². The summed E-state index contributed by atoms with van der Waals surface area (Å²) >= 11 is 0.451. The first-order valence-corrected chi connectivity index (χ1v) is 8.08. The maximum atomic E-state index is 12.2. The van der Waals surface area contributed by atoms with Gasteiger partial charge in [-0.05, 0) is 37.7 Å². The number of nitrogens with zero attached hydrogens (tertiary/aromatic N) is 1. The number of rotatable bonds is 9. The molecule has 0 saturated heterocycles. The molecule has 0 bridgehead atoms. The molecule has 23 heavy (non-hydrogen) atoms. The van der Waals surface area contributed by atoms with Crippen molar-refractivity contribution >= 4 is 29.3 Å². The zero-order valence-corrected chi connectivity index (χ0v) is 14.0. The number of halogens is 2. The predicted molar refractivity (Wildman–Crippen MR) is 87.7 cm³/mol. The van der Waals surface area contributed by atoms with Gasteiger partial charge in [0.2, 0.25) is 11.8 Å². The largest absolute Gasteiger partial charge is 0.355 e. The van der Waals surface area contributed by atoms with Gasteiger partial charge in [0.05, 0.1) is 13.1 Å². The zero-order chi connectivity index (χ0) is 17.2. The topological polar surface area (TPSA) is 61.4 Å². The third kappa shape index (κ3) is 8.51. The Labute approximate surface area is 138 Å². The normalized spacial score (nSPS) is 10.9. The first-order chi connectivity index (χ1) is 10.9. The molecule has 0 aliphatic carbocycles. The van der Waals surface area contributed by atoms with Gasteiger partial charge < -0.3 is 10.6 Å². The van der Waals surface area contributed by atoms with Crippen LogP contribution in [0.25, 0.3) is 0 Å². The fourth-order valence-corrected chi connectivity index (χ4v) is 2.29. The first kappa shape index (κ1) is 19.4. The van der Waals surface area contributed by atoms with Gasteiger partial charge in [-0.1, -0.05) is 18.7 Å². The number of benzene rings is 1. The van der Waals surface area contributed by atoms with Crippen LogP contribution in [0.4, 0.5) is 14.5 Å². The van der Waals surface area contributed by atoms with Crippen LogP contribution in [0.2, 0.25) is 0 Å². The highest BCUT2D eigenvalue weighted by Crippen LogP contribution is 2.26. The summed E-state index contributed by atoms with van der Waals surface area (Å²) in [5, 5.41) is 5.39. The highest BCUT2D eigenvalue weighted by Gasteiger charge is 2.11. The smallest absolute Gasteiger partial charge is 0.288 e. The minimum atomic E-state index is -2.47. The van der Waals surface area contributed by atoms with Gasteiger partial charge in [0.1, 0.15) is 0 Å². The van der Waals surface area contributed by atoms with Crippen molar-refractivity contribution in [1.29, 1.82) is 0 Å². The minimum absolute atomic E-state index is 0.0626. The Bertz CT molecular complexity index is 512. The Morgan fingerprint density at radius 1 is 1.17 bits per heavy atom. The molecule has 1 aromatic rings. The summed E-state index contributed by atoms with van der Waals surface area (Å²) in [6.07, 6.45) is 0.857. The molecule has 0 spiro atoms. The summed E-state index contributed by atoms with van der Waals surface area (Å²) in [4.78, 5) is 25.4. The molecule has 1 rings (SSSR count). The Hall–Kier alpha value is -1.67. The highest BCUT2D eigenvalue weighted by atomic mass is 32.2. The van der Waals surface area contributed by atoms with Gasteiger partial charge in [-0.2, -0.15) is 8.78 Å². The van der Waals surface area contributed by atoms with Gasteiger partial charge in [0.15, 0.2) is 0 Å². The summed E-state index contributed by atoms with van der Waals surface area (Å²) in [5.74, 6) is -2.87. The van der Waals surface area contributed by atoms with E-state index in [0.29, 0.717) is 28.9 Å². The standard InChI is InChI=1S/C15H21F2N3O2S/c1-3-8-18-13(21)9-20(2)10-14(22)19-11-4-6-12(7-5-11)23-15(16)17/h4-7,15H,3,8-10H2,1-2H3,(H,18,21)(H,19,22). The minimum Gasteiger partial charge on any atom is -0.355 e. The van der Waals surface area contributed by atoms with E-state index in [1.165, 1.54) is 12.1 Å². The molecule has 0 aliphatic rings. The molecular formula is C15H21F2N3O2S. The Balaban J connectivity index is 2.39. The lowest BCUT2D eigenvalue weighted by atomic mass is 10.3. The van der Waals surface area contributed by atoms with Crippen molar-refractivity contribution in [3.8, 4) is 0 Å². The molecule has 2 amide bonds. The van der Waals surface area contributed by atoms with E-state index in [1.807, 2.05) is 6.92 Å². The van der Waals surface area contributed by atoms with E-state index in [4.69, 9.17) is 0 Å². The first-order valence-electron chi connectivity index (χ1n) is 7.20. The number of likely N-dealkylation sites (N-methyl/N-ethyl adjacent to an activating group) is 1. The van der Waals surface area contributed by atoms with Gasteiger partial charge in [-0.25, -0.2) is 0 Å². The summed E-state index contributed by atoms with van der Waals surface area (Å²) in [6.45, 7) is 2.77. The molecule has 0 aliphatic heterocycles. The van der Waals surface area contributed by atoms with Gasteiger partial charge in [0, 0.05) is 17.1 Å². The summed E-state index contributed by atoms with van der Waals surface area (Å²) in [6, 6.07) is 6.18. The second-order valence-electron chi connectivity index (χ2n) is 4.97. The van der Waals surface area contributed by atoms with Gasteiger partial charge in [0.25, 0.3) is 5.76 Å². The van der Waals surface area contributed by atoms with Crippen molar-refractivity contribution in [2.45, 2.75) is 24.0 Å². The SMILES string of the molecule is CCCNC(=O)CN(C)CC(=O)Nc1ccc(SC(F)F)cc1. The number of amides is 2. The third-order valence-electron chi connectivity index (χ3n) is 2.76. The Kier molecular flexibility index (Phi) is 8.57. The van der Waals surface area contributed by atoms with Crippen LogP contribution >= 0.6 is 11.8 Å². The van der Waals surface area contributed by atoms with E-state index in [2.05, 4.69) is 10.6 Å². The Morgan fingerprint density at radius 3 is 2.35 bits per heavy atom. The fourth-order valence-electron chi connectivity index (χ4n) is 1.79. The molecule has 8 heteroatoms. The number of anilines is 1. The lowest BCUT2D eigenvalue weighted by Gasteiger charge is -2.16. The van der Waals surface area contributed by atoms with E-state index in [1.54, 1.807) is 24.1 Å². The van der Waals surface area contributed by atoms with Crippen LogP contribution in [0.3, 0.4) is 0 Å². The van der Waals surface area contributed by atoms with Crippen molar-refractivity contribution < 1.29 is 18.4 Å². The molecular weight excluding hydrogens is 324 g/mol. The second kappa shape index (κ2) is 10.2. The number of hydrogen-bond acceptors (Lipinski definition) is 4. The average Bonchev–Trinajstić information content (AvgIpc) is 2.46. The number of carbonyl (C=O) groups is 2. The predicted octanol–water partition coefficient (Wildman–Crippen LogP) is 2.40.